The molecule has 0 aliphatic carbocycles. The second-order valence-electron chi connectivity index (χ2n) is 3.98. The van der Waals surface area contributed by atoms with E-state index in [1.54, 1.807) is 0 Å². The Kier molecular flexibility index (Phi) is 5.12. The van der Waals surface area contributed by atoms with Crippen molar-refractivity contribution in [1.82, 2.24) is 4.31 Å². The predicted molar refractivity (Wildman–Crippen MR) is 73.2 cm³/mol. The molecule has 0 saturated heterocycles. The van der Waals surface area contributed by atoms with E-state index in [-0.39, 0.29) is 15.1 Å². The summed E-state index contributed by atoms with van der Waals surface area (Å²) in [6.07, 6.45) is 1.66. The molecule has 0 radical (unpaired) electrons. The summed E-state index contributed by atoms with van der Waals surface area (Å²) in [7, 11) is -2.14. The number of anilines is 1. The Labute approximate surface area is 115 Å². The molecule has 0 aliphatic rings. The molecule has 0 spiro atoms. The molecule has 0 saturated carbocycles. The molecule has 0 amide bonds. The Balaban J connectivity index is 3.16. The summed E-state index contributed by atoms with van der Waals surface area (Å²) < 4.78 is 39.1. The van der Waals surface area contributed by atoms with Crippen molar-refractivity contribution in [2.24, 2.45) is 0 Å². The van der Waals surface area contributed by atoms with Gasteiger partial charge in [-0.3, -0.25) is 0 Å². The van der Waals surface area contributed by atoms with Crippen LogP contribution in [-0.2, 0) is 10.0 Å². The zero-order chi connectivity index (χ0) is 13.9. The number of hydrogen-bond donors (Lipinski definition) is 1. The largest absolute Gasteiger partial charge is 0.396 e. The molecule has 1 rings (SSSR count). The summed E-state index contributed by atoms with van der Waals surface area (Å²) in [4.78, 5) is -0.0139. The molecule has 18 heavy (non-hydrogen) atoms. The van der Waals surface area contributed by atoms with Crippen LogP contribution in [0.5, 0.6) is 0 Å². The number of halogens is 2. The van der Waals surface area contributed by atoms with Crippen molar-refractivity contribution < 1.29 is 12.8 Å². The smallest absolute Gasteiger partial charge is 0.244 e. The van der Waals surface area contributed by atoms with Crippen LogP contribution in [0.15, 0.2) is 21.5 Å². The van der Waals surface area contributed by atoms with E-state index in [1.807, 2.05) is 6.92 Å². The van der Waals surface area contributed by atoms with Crippen LogP contribution in [0, 0.1) is 5.82 Å². The first-order valence-corrected chi connectivity index (χ1v) is 7.74. The number of sulfonamides is 1. The molecule has 0 heterocycles. The molecule has 0 aliphatic heterocycles. The lowest BCUT2D eigenvalue weighted by atomic mass is 10.3. The van der Waals surface area contributed by atoms with Crippen LogP contribution in [0.25, 0.3) is 0 Å². The topological polar surface area (TPSA) is 63.4 Å². The Morgan fingerprint density at radius 1 is 1.44 bits per heavy atom. The monoisotopic (exact) mass is 338 g/mol. The lowest BCUT2D eigenvalue weighted by Crippen LogP contribution is -2.28. The van der Waals surface area contributed by atoms with Crippen LogP contribution in [0.3, 0.4) is 0 Å². The third-order valence-corrected chi connectivity index (χ3v) is 5.38. The summed E-state index contributed by atoms with van der Waals surface area (Å²) in [5, 5.41) is 0. The van der Waals surface area contributed by atoms with E-state index in [1.165, 1.54) is 11.4 Å². The van der Waals surface area contributed by atoms with Gasteiger partial charge in [0, 0.05) is 18.1 Å². The minimum Gasteiger partial charge on any atom is -0.396 e. The fraction of sp³-hybridized carbons (Fsp3) is 0.455. The van der Waals surface area contributed by atoms with E-state index in [2.05, 4.69) is 15.9 Å². The Morgan fingerprint density at radius 3 is 2.61 bits per heavy atom. The van der Waals surface area contributed by atoms with Crippen molar-refractivity contribution in [2.45, 2.75) is 24.7 Å². The Bertz CT molecular complexity index is 534. The quantitative estimate of drug-likeness (QED) is 0.839. The third kappa shape index (κ3) is 3.21. The first-order valence-electron chi connectivity index (χ1n) is 5.51. The van der Waals surface area contributed by atoms with Crippen LogP contribution in [-0.4, -0.2) is 26.3 Å². The van der Waals surface area contributed by atoms with Crippen molar-refractivity contribution in [3.63, 3.8) is 0 Å². The van der Waals surface area contributed by atoms with Gasteiger partial charge in [0.1, 0.15) is 5.82 Å². The molecule has 4 nitrogen and oxygen atoms in total. The maximum atomic E-state index is 13.2. The average Bonchev–Trinajstić information content (AvgIpc) is 2.30. The van der Waals surface area contributed by atoms with E-state index in [0.717, 1.165) is 25.0 Å². The second kappa shape index (κ2) is 5.99. The van der Waals surface area contributed by atoms with Crippen LogP contribution in [0.2, 0.25) is 0 Å². The first-order chi connectivity index (χ1) is 8.30. The average molecular weight is 339 g/mol. The molecule has 7 heteroatoms. The van der Waals surface area contributed by atoms with Crippen molar-refractivity contribution in [3.8, 4) is 0 Å². The maximum absolute atomic E-state index is 13.2. The van der Waals surface area contributed by atoms with Gasteiger partial charge in [0.25, 0.3) is 0 Å². The Morgan fingerprint density at radius 2 is 2.06 bits per heavy atom. The van der Waals surface area contributed by atoms with Gasteiger partial charge >= 0.3 is 0 Å². The van der Waals surface area contributed by atoms with Gasteiger partial charge in [-0.25, -0.2) is 17.1 Å². The highest BCUT2D eigenvalue weighted by atomic mass is 79.9. The third-order valence-electron chi connectivity index (χ3n) is 2.57. The van der Waals surface area contributed by atoms with Gasteiger partial charge in [0.2, 0.25) is 10.0 Å². The van der Waals surface area contributed by atoms with Gasteiger partial charge in [-0.2, -0.15) is 0 Å². The first kappa shape index (κ1) is 15.4. The highest BCUT2D eigenvalue weighted by Crippen LogP contribution is 2.28. The molecule has 1 aromatic rings. The number of nitrogens with zero attached hydrogens (tertiary/aromatic N) is 1. The number of rotatable bonds is 5. The van der Waals surface area contributed by atoms with Gasteiger partial charge in [-0.1, -0.05) is 13.3 Å². The molecule has 0 unspecified atom stereocenters. The number of nitrogen functional groups attached to an aromatic ring is 1. The van der Waals surface area contributed by atoms with E-state index >= 15 is 0 Å². The maximum Gasteiger partial charge on any atom is 0.244 e. The fourth-order valence-electron chi connectivity index (χ4n) is 1.41. The predicted octanol–water partition coefficient (Wildman–Crippen LogP) is 2.59. The lowest BCUT2D eigenvalue weighted by molar-refractivity contribution is 0.459. The van der Waals surface area contributed by atoms with E-state index in [4.69, 9.17) is 5.73 Å². The summed E-state index contributed by atoms with van der Waals surface area (Å²) in [5.74, 6) is -0.642. The van der Waals surface area contributed by atoms with Gasteiger partial charge in [0.15, 0.2) is 0 Å². The summed E-state index contributed by atoms with van der Waals surface area (Å²) >= 11 is 3.05. The molecule has 1 aromatic carbocycles. The van der Waals surface area contributed by atoms with E-state index < -0.39 is 15.8 Å². The summed E-state index contributed by atoms with van der Waals surface area (Å²) in [6.45, 7) is 2.40. The molecule has 2 N–H and O–H groups in total. The molecular formula is C11H16BrFN2O2S. The number of hydrogen-bond acceptors (Lipinski definition) is 3. The fourth-order valence-corrected chi connectivity index (χ4v) is 3.63. The zero-order valence-electron chi connectivity index (χ0n) is 10.3. The normalized spacial score (nSPS) is 12.1. The van der Waals surface area contributed by atoms with Gasteiger partial charge in [0.05, 0.1) is 10.6 Å². The van der Waals surface area contributed by atoms with Gasteiger partial charge < -0.3 is 5.73 Å². The standard InChI is InChI=1S/C11H16BrFN2O2S/c1-3-4-5-15(2)18(16,17)11-7-10(14)9(13)6-8(11)12/h6-7H,3-5,14H2,1-2H3. The molecule has 0 fully saturated rings. The molecule has 0 aromatic heterocycles. The Hall–Kier alpha value is -0.660. The second-order valence-corrected chi connectivity index (χ2v) is 6.85. The van der Waals surface area contributed by atoms with Crippen molar-refractivity contribution in [2.75, 3.05) is 19.3 Å². The van der Waals surface area contributed by atoms with Gasteiger partial charge in [-0.05, 0) is 34.5 Å². The molecule has 0 atom stereocenters. The number of nitrogens with two attached hydrogens (primary N) is 1. The van der Waals surface area contributed by atoms with Crippen molar-refractivity contribution in [1.29, 1.82) is 0 Å². The highest BCUT2D eigenvalue weighted by Gasteiger charge is 2.24. The van der Waals surface area contributed by atoms with Crippen molar-refractivity contribution in [3.05, 3.63) is 22.4 Å². The number of unbranched alkanes of at least 4 members (excludes halogenated alkanes) is 1. The lowest BCUT2D eigenvalue weighted by Gasteiger charge is -2.18. The molecule has 102 valence electrons. The molecule has 0 bridgehead atoms. The summed E-state index contributed by atoms with van der Waals surface area (Å²) in [5.41, 5.74) is 5.23. The van der Waals surface area contributed by atoms with Gasteiger partial charge in [-0.15, -0.1) is 0 Å². The SMILES string of the molecule is CCCCN(C)S(=O)(=O)c1cc(N)c(F)cc1Br. The summed E-state index contributed by atoms with van der Waals surface area (Å²) in [6, 6.07) is 2.20. The van der Waals surface area contributed by atoms with E-state index in [0.29, 0.717) is 6.54 Å². The van der Waals surface area contributed by atoms with Crippen LogP contribution in [0.4, 0.5) is 10.1 Å². The minimum atomic E-state index is -3.64. The van der Waals surface area contributed by atoms with Crippen molar-refractivity contribution >= 4 is 31.6 Å². The molecular weight excluding hydrogens is 323 g/mol. The van der Waals surface area contributed by atoms with Crippen LogP contribution in [0.1, 0.15) is 19.8 Å². The zero-order valence-corrected chi connectivity index (χ0v) is 12.7. The minimum absolute atomic E-state index is 0.0139. The van der Waals surface area contributed by atoms with E-state index in [9.17, 15) is 12.8 Å². The number of benzene rings is 1. The highest BCUT2D eigenvalue weighted by molar-refractivity contribution is 9.10. The van der Waals surface area contributed by atoms with Crippen LogP contribution >= 0.6 is 15.9 Å². The van der Waals surface area contributed by atoms with Crippen LogP contribution < -0.4 is 5.73 Å².